The average Bonchev–Trinajstić information content (AvgIpc) is 3.24. The molecule has 2 nitrogen and oxygen atoms in total. The first kappa shape index (κ1) is 12.4. The van der Waals surface area contributed by atoms with Crippen LogP contribution >= 0.6 is 15.9 Å². The van der Waals surface area contributed by atoms with Gasteiger partial charge in [-0.3, -0.25) is 4.79 Å². The molecule has 2 aromatic carbocycles. The van der Waals surface area contributed by atoms with Crippen LogP contribution in [-0.4, -0.2) is 5.78 Å². The lowest BCUT2D eigenvalue weighted by molar-refractivity contribution is 0.0946. The van der Waals surface area contributed by atoms with Crippen LogP contribution in [0.3, 0.4) is 0 Å². The molecule has 0 bridgehead atoms. The van der Waals surface area contributed by atoms with E-state index in [1.807, 2.05) is 42.5 Å². The van der Waals surface area contributed by atoms with Gasteiger partial charge in [-0.2, -0.15) is 0 Å². The van der Waals surface area contributed by atoms with Crippen molar-refractivity contribution in [1.29, 1.82) is 0 Å². The summed E-state index contributed by atoms with van der Waals surface area (Å²) >= 11 is 3.38. The number of Topliss-reactive ketones (excluding diaryl/α,β-unsaturated/α-hetero) is 1. The number of anilines is 1. The van der Waals surface area contributed by atoms with Crippen LogP contribution in [0.15, 0.2) is 53.0 Å². The van der Waals surface area contributed by atoms with E-state index in [2.05, 4.69) is 15.9 Å². The summed E-state index contributed by atoms with van der Waals surface area (Å²) in [6.45, 7) is 0. The molecular weight excluding hydrogens is 302 g/mol. The number of carbonyl (C=O) groups excluding carboxylic acids is 1. The Morgan fingerprint density at radius 1 is 1.11 bits per heavy atom. The van der Waals surface area contributed by atoms with Gasteiger partial charge in [0.25, 0.3) is 0 Å². The molecular formula is C16H14BrNO. The van der Waals surface area contributed by atoms with Gasteiger partial charge >= 0.3 is 0 Å². The molecule has 3 heteroatoms. The standard InChI is InChI=1S/C16H14BrNO/c17-13-10-11(6-7-14(13)18)15(19)16(8-9-16)12-4-2-1-3-5-12/h1-7,10H,8-9,18H2. The van der Waals surface area contributed by atoms with Gasteiger partial charge in [0.15, 0.2) is 5.78 Å². The van der Waals surface area contributed by atoms with Crippen molar-refractivity contribution in [2.75, 3.05) is 5.73 Å². The molecule has 1 aliphatic rings. The van der Waals surface area contributed by atoms with Gasteiger partial charge in [0.2, 0.25) is 0 Å². The monoisotopic (exact) mass is 315 g/mol. The summed E-state index contributed by atoms with van der Waals surface area (Å²) < 4.78 is 0.780. The fourth-order valence-corrected chi connectivity index (χ4v) is 2.85. The Labute approximate surface area is 120 Å². The van der Waals surface area contributed by atoms with Crippen molar-refractivity contribution in [3.63, 3.8) is 0 Å². The third kappa shape index (κ3) is 2.08. The van der Waals surface area contributed by atoms with Crippen molar-refractivity contribution in [1.82, 2.24) is 0 Å². The van der Waals surface area contributed by atoms with E-state index in [0.717, 1.165) is 28.4 Å². The fraction of sp³-hybridized carbons (Fsp3) is 0.188. The van der Waals surface area contributed by atoms with E-state index in [4.69, 9.17) is 5.73 Å². The molecule has 0 aliphatic heterocycles. The molecule has 0 heterocycles. The van der Waals surface area contributed by atoms with Crippen molar-refractivity contribution in [2.24, 2.45) is 0 Å². The Morgan fingerprint density at radius 3 is 2.37 bits per heavy atom. The number of nitrogen functional groups attached to an aromatic ring is 1. The molecule has 19 heavy (non-hydrogen) atoms. The molecule has 2 aromatic rings. The highest BCUT2D eigenvalue weighted by atomic mass is 79.9. The van der Waals surface area contributed by atoms with Crippen molar-refractivity contribution >= 4 is 27.4 Å². The summed E-state index contributed by atoms with van der Waals surface area (Å²) in [5.41, 5.74) is 7.95. The zero-order chi connectivity index (χ0) is 13.5. The predicted octanol–water partition coefficient (Wildman–Crippen LogP) is 3.95. The highest BCUT2D eigenvalue weighted by Crippen LogP contribution is 2.50. The van der Waals surface area contributed by atoms with Crippen molar-refractivity contribution in [3.05, 3.63) is 64.1 Å². The summed E-state index contributed by atoms with van der Waals surface area (Å²) in [6.07, 6.45) is 1.86. The lowest BCUT2D eigenvalue weighted by atomic mass is 9.87. The van der Waals surface area contributed by atoms with Gasteiger partial charge in [-0.15, -0.1) is 0 Å². The van der Waals surface area contributed by atoms with Crippen LogP contribution in [0.1, 0.15) is 28.8 Å². The van der Waals surface area contributed by atoms with Crippen LogP contribution in [0.25, 0.3) is 0 Å². The van der Waals surface area contributed by atoms with Crippen LogP contribution in [0.4, 0.5) is 5.69 Å². The second-order valence-corrected chi connectivity index (χ2v) is 5.87. The minimum Gasteiger partial charge on any atom is -0.398 e. The Balaban J connectivity index is 1.98. The van der Waals surface area contributed by atoms with Gasteiger partial charge < -0.3 is 5.73 Å². The minimum atomic E-state index is -0.309. The molecule has 0 radical (unpaired) electrons. The molecule has 96 valence electrons. The predicted molar refractivity (Wildman–Crippen MR) is 80.2 cm³/mol. The first-order chi connectivity index (χ1) is 9.13. The summed E-state index contributed by atoms with van der Waals surface area (Å²) in [6, 6.07) is 15.4. The van der Waals surface area contributed by atoms with Gasteiger partial charge in [-0.05, 0) is 52.5 Å². The second kappa shape index (κ2) is 4.49. The normalized spacial score (nSPS) is 16.1. The highest BCUT2D eigenvalue weighted by molar-refractivity contribution is 9.10. The van der Waals surface area contributed by atoms with Crippen LogP contribution < -0.4 is 5.73 Å². The quantitative estimate of drug-likeness (QED) is 0.688. The fourth-order valence-electron chi connectivity index (χ4n) is 2.47. The zero-order valence-electron chi connectivity index (χ0n) is 10.4. The Morgan fingerprint density at radius 2 is 1.79 bits per heavy atom. The van der Waals surface area contributed by atoms with Crippen LogP contribution in [0.2, 0.25) is 0 Å². The Bertz CT molecular complexity index is 632. The molecule has 0 unspecified atom stereocenters. The maximum absolute atomic E-state index is 12.7. The number of hydrogen-bond acceptors (Lipinski definition) is 2. The summed E-state index contributed by atoms with van der Waals surface area (Å²) in [5.74, 6) is 0.194. The van der Waals surface area contributed by atoms with Crippen LogP contribution in [0, 0.1) is 0 Å². The van der Waals surface area contributed by atoms with E-state index in [9.17, 15) is 4.79 Å². The molecule has 1 aliphatic carbocycles. The number of nitrogens with two attached hydrogens (primary N) is 1. The first-order valence-electron chi connectivity index (χ1n) is 6.29. The van der Waals surface area contributed by atoms with Gasteiger partial charge in [-0.25, -0.2) is 0 Å². The summed E-state index contributed by atoms with van der Waals surface area (Å²) in [5, 5.41) is 0. The lowest BCUT2D eigenvalue weighted by Crippen LogP contribution is -2.20. The molecule has 0 atom stereocenters. The number of rotatable bonds is 3. The van der Waals surface area contributed by atoms with Crippen molar-refractivity contribution < 1.29 is 4.79 Å². The van der Waals surface area contributed by atoms with Crippen molar-refractivity contribution in [2.45, 2.75) is 18.3 Å². The molecule has 3 rings (SSSR count). The van der Waals surface area contributed by atoms with Gasteiger partial charge in [0, 0.05) is 15.7 Å². The second-order valence-electron chi connectivity index (χ2n) is 5.01. The summed E-state index contributed by atoms with van der Waals surface area (Å²) in [4.78, 5) is 12.7. The molecule has 2 N–H and O–H groups in total. The SMILES string of the molecule is Nc1ccc(C(=O)C2(c3ccccc3)CC2)cc1Br. The number of ketones is 1. The Kier molecular flexibility index (Phi) is 2.94. The number of halogens is 1. The van der Waals surface area contributed by atoms with Gasteiger partial charge in [-0.1, -0.05) is 30.3 Å². The smallest absolute Gasteiger partial charge is 0.173 e. The number of carbonyl (C=O) groups is 1. The highest BCUT2D eigenvalue weighted by Gasteiger charge is 2.51. The lowest BCUT2D eigenvalue weighted by Gasteiger charge is -2.15. The molecule has 0 aromatic heterocycles. The van der Waals surface area contributed by atoms with Gasteiger partial charge in [0.05, 0.1) is 5.41 Å². The van der Waals surface area contributed by atoms with E-state index in [0.29, 0.717) is 5.69 Å². The first-order valence-corrected chi connectivity index (χ1v) is 7.08. The Hall–Kier alpha value is -1.61. The molecule has 1 fully saturated rings. The zero-order valence-corrected chi connectivity index (χ0v) is 12.0. The van der Waals surface area contributed by atoms with E-state index in [1.165, 1.54) is 0 Å². The van der Waals surface area contributed by atoms with E-state index in [-0.39, 0.29) is 11.2 Å². The largest absolute Gasteiger partial charge is 0.398 e. The van der Waals surface area contributed by atoms with Crippen molar-refractivity contribution in [3.8, 4) is 0 Å². The molecule has 0 saturated heterocycles. The molecule has 1 saturated carbocycles. The van der Waals surface area contributed by atoms with Crippen LogP contribution in [0.5, 0.6) is 0 Å². The minimum absolute atomic E-state index is 0.194. The van der Waals surface area contributed by atoms with E-state index < -0.39 is 0 Å². The third-order valence-electron chi connectivity index (χ3n) is 3.77. The molecule has 0 spiro atoms. The molecule has 0 amide bonds. The maximum Gasteiger partial charge on any atom is 0.173 e. The third-order valence-corrected chi connectivity index (χ3v) is 4.46. The number of benzene rings is 2. The topological polar surface area (TPSA) is 43.1 Å². The van der Waals surface area contributed by atoms with E-state index >= 15 is 0 Å². The number of hydrogen-bond donors (Lipinski definition) is 1. The van der Waals surface area contributed by atoms with E-state index in [1.54, 1.807) is 6.07 Å². The van der Waals surface area contributed by atoms with Crippen LogP contribution in [-0.2, 0) is 5.41 Å². The van der Waals surface area contributed by atoms with Gasteiger partial charge in [0.1, 0.15) is 0 Å². The maximum atomic E-state index is 12.7. The summed E-state index contributed by atoms with van der Waals surface area (Å²) in [7, 11) is 0. The average molecular weight is 316 g/mol.